The molecule has 0 nitrogen and oxygen atoms in total. The van der Waals surface area contributed by atoms with Crippen molar-refractivity contribution in [2.45, 2.75) is 9.96 Å². The number of halogens is 8. The van der Waals surface area contributed by atoms with Crippen molar-refractivity contribution >= 4 is 27.5 Å². The SMILES string of the molecule is FC(F)=C(F)C(F)(F)C(F)(Cl)Br. The van der Waals surface area contributed by atoms with E-state index in [2.05, 4.69) is 11.6 Å². The normalized spacial score (nSPS) is 17.0. The van der Waals surface area contributed by atoms with Crippen LogP contribution in [0.4, 0.5) is 26.3 Å². The summed E-state index contributed by atoms with van der Waals surface area (Å²) < 4.78 is 66.5. The zero-order valence-electron chi connectivity index (χ0n) is 5.02. The van der Waals surface area contributed by atoms with Crippen LogP contribution in [0.15, 0.2) is 11.9 Å². The maximum atomic E-state index is 12.1. The molecular formula is C4BrClF6. The number of allylic oxidation sites excluding steroid dienone is 1. The van der Waals surface area contributed by atoms with Gasteiger partial charge in [0.25, 0.3) is 0 Å². The van der Waals surface area contributed by atoms with Gasteiger partial charge < -0.3 is 0 Å². The molecule has 12 heavy (non-hydrogen) atoms. The molecule has 0 N–H and O–H groups in total. The van der Waals surface area contributed by atoms with E-state index in [4.69, 9.17) is 0 Å². The summed E-state index contributed by atoms with van der Waals surface area (Å²) in [6.07, 6.45) is -3.32. The summed E-state index contributed by atoms with van der Waals surface area (Å²) in [6, 6.07) is 0. The number of rotatable bonds is 2. The van der Waals surface area contributed by atoms with Crippen molar-refractivity contribution in [1.82, 2.24) is 0 Å². The van der Waals surface area contributed by atoms with Crippen LogP contribution in [0.25, 0.3) is 0 Å². The molecule has 0 aromatic carbocycles. The van der Waals surface area contributed by atoms with E-state index in [0.29, 0.717) is 0 Å². The monoisotopic (exact) mass is 276 g/mol. The van der Waals surface area contributed by atoms with Gasteiger partial charge in [-0.25, -0.2) is 4.39 Å². The summed E-state index contributed by atoms with van der Waals surface area (Å²) >= 11 is 5.77. The number of hydrogen-bond acceptors (Lipinski definition) is 0. The molecule has 8 heteroatoms. The van der Waals surface area contributed by atoms with Crippen molar-refractivity contribution in [2.75, 3.05) is 0 Å². The van der Waals surface area contributed by atoms with E-state index in [1.165, 1.54) is 15.9 Å². The lowest BCUT2D eigenvalue weighted by Crippen LogP contribution is -2.34. The molecule has 0 saturated carbocycles. The van der Waals surface area contributed by atoms with Crippen molar-refractivity contribution in [2.24, 2.45) is 0 Å². The first-order valence-electron chi connectivity index (χ1n) is 2.26. The summed E-state index contributed by atoms with van der Waals surface area (Å²) in [6.45, 7) is 0. The third kappa shape index (κ3) is 2.29. The van der Waals surface area contributed by atoms with Crippen LogP contribution in [0.3, 0.4) is 0 Å². The van der Waals surface area contributed by atoms with Crippen molar-refractivity contribution in [1.29, 1.82) is 0 Å². The van der Waals surface area contributed by atoms with Crippen molar-refractivity contribution in [3.8, 4) is 0 Å². The summed E-state index contributed by atoms with van der Waals surface area (Å²) in [4.78, 5) is 0. The van der Waals surface area contributed by atoms with Gasteiger partial charge in [-0.15, -0.1) is 0 Å². The molecule has 0 heterocycles. The van der Waals surface area contributed by atoms with Crippen molar-refractivity contribution in [3.63, 3.8) is 0 Å². The standard InChI is InChI=1S/C4BrClF6/c5-4(6,12)3(10,11)1(7)2(8)9. The van der Waals surface area contributed by atoms with Crippen LogP contribution < -0.4 is 0 Å². The Morgan fingerprint density at radius 3 is 1.50 bits per heavy atom. The van der Waals surface area contributed by atoms with Crippen LogP contribution in [0.1, 0.15) is 0 Å². The molecule has 0 aliphatic rings. The summed E-state index contributed by atoms with van der Waals surface area (Å²) in [7, 11) is 0. The van der Waals surface area contributed by atoms with E-state index in [1.807, 2.05) is 0 Å². The van der Waals surface area contributed by atoms with Gasteiger partial charge in [0.05, 0.1) is 0 Å². The zero-order valence-corrected chi connectivity index (χ0v) is 7.37. The van der Waals surface area contributed by atoms with Crippen LogP contribution >= 0.6 is 27.5 Å². The molecule has 1 unspecified atom stereocenters. The Kier molecular flexibility index (Phi) is 3.48. The van der Waals surface area contributed by atoms with Gasteiger partial charge in [-0.2, -0.15) is 22.0 Å². The maximum Gasteiger partial charge on any atom is 0.361 e. The quantitative estimate of drug-likeness (QED) is 0.529. The molecule has 0 aromatic heterocycles. The molecule has 0 amide bonds. The largest absolute Gasteiger partial charge is 0.361 e. The highest BCUT2D eigenvalue weighted by Gasteiger charge is 2.58. The molecule has 0 saturated heterocycles. The third-order valence-electron chi connectivity index (χ3n) is 0.798. The van der Waals surface area contributed by atoms with E-state index in [-0.39, 0.29) is 0 Å². The summed E-state index contributed by atoms with van der Waals surface area (Å²) in [5.41, 5.74) is 0. The average molecular weight is 277 g/mol. The Balaban J connectivity index is 5.01. The average Bonchev–Trinajstić information content (AvgIpc) is 1.83. The molecule has 0 spiro atoms. The van der Waals surface area contributed by atoms with Crippen molar-refractivity contribution in [3.05, 3.63) is 11.9 Å². The van der Waals surface area contributed by atoms with Gasteiger partial charge >= 0.3 is 16.0 Å². The predicted octanol–water partition coefficient (Wildman–Crippen LogP) is 3.96. The highest BCUT2D eigenvalue weighted by atomic mass is 79.9. The molecule has 0 aromatic rings. The van der Waals surface area contributed by atoms with Crippen LogP contribution in [0, 0.1) is 0 Å². The zero-order chi connectivity index (χ0) is 10.2. The maximum absolute atomic E-state index is 12.1. The van der Waals surface area contributed by atoms with Crippen LogP contribution in [0.5, 0.6) is 0 Å². The lowest BCUT2D eigenvalue weighted by atomic mass is 10.3. The third-order valence-corrected chi connectivity index (χ3v) is 1.53. The van der Waals surface area contributed by atoms with Crippen molar-refractivity contribution < 1.29 is 26.3 Å². The first kappa shape index (κ1) is 12.1. The fourth-order valence-electron chi connectivity index (χ4n) is 0.243. The number of alkyl halides is 5. The molecule has 1 atom stereocenters. The Morgan fingerprint density at radius 2 is 1.42 bits per heavy atom. The fraction of sp³-hybridized carbons (Fsp3) is 0.500. The van der Waals surface area contributed by atoms with Gasteiger partial charge in [0.2, 0.25) is 5.83 Å². The van der Waals surface area contributed by atoms with E-state index < -0.39 is 21.9 Å². The Morgan fingerprint density at radius 1 is 1.08 bits per heavy atom. The Labute approximate surface area is 76.3 Å². The van der Waals surface area contributed by atoms with E-state index in [0.717, 1.165) is 0 Å². The second-order valence-electron chi connectivity index (χ2n) is 1.65. The van der Waals surface area contributed by atoms with Crippen LogP contribution in [-0.2, 0) is 0 Å². The van der Waals surface area contributed by atoms with Gasteiger partial charge in [-0.1, -0.05) is 11.6 Å². The molecule has 0 aliphatic heterocycles. The lowest BCUT2D eigenvalue weighted by Gasteiger charge is -2.19. The van der Waals surface area contributed by atoms with Gasteiger partial charge in [0.15, 0.2) is 0 Å². The predicted molar refractivity (Wildman–Crippen MR) is 33.9 cm³/mol. The highest BCUT2D eigenvalue weighted by Crippen LogP contribution is 2.47. The molecule has 0 fully saturated rings. The minimum absolute atomic E-state index is 1.51. The lowest BCUT2D eigenvalue weighted by molar-refractivity contribution is -0.0402. The molecule has 0 bridgehead atoms. The minimum atomic E-state index is -5.10. The fourth-order valence-corrected chi connectivity index (χ4v) is 0.500. The molecule has 0 rings (SSSR count). The minimum Gasteiger partial charge on any atom is -0.206 e. The van der Waals surface area contributed by atoms with E-state index in [9.17, 15) is 26.3 Å². The first-order chi connectivity index (χ1) is 5.10. The van der Waals surface area contributed by atoms with E-state index >= 15 is 0 Å². The van der Waals surface area contributed by atoms with Gasteiger partial charge in [-0.05, 0) is 15.9 Å². The second-order valence-corrected chi connectivity index (χ2v) is 3.72. The van der Waals surface area contributed by atoms with Gasteiger partial charge in [0, 0.05) is 0 Å². The van der Waals surface area contributed by atoms with Gasteiger partial charge in [-0.3, -0.25) is 0 Å². The number of hydrogen-bond donors (Lipinski definition) is 0. The smallest absolute Gasteiger partial charge is 0.206 e. The van der Waals surface area contributed by atoms with E-state index in [1.54, 1.807) is 0 Å². The molecule has 0 aliphatic carbocycles. The van der Waals surface area contributed by atoms with Gasteiger partial charge in [0.1, 0.15) is 0 Å². The second kappa shape index (κ2) is 3.45. The molecular weight excluding hydrogens is 277 g/mol. The topological polar surface area (TPSA) is 0 Å². The Hall–Kier alpha value is 0.0900. The summed E-state index contributed by atoms with van der Waals surface area (Å²) in [5.74, 6) is -8.30. The first-order valence-corrected chi connectivity index (χ1v) is 3.43. The van der Waals surface area contributed by atoms with Crippen LogP contribution in [-0.4, -0.2) is 9.96 Å². The van der Waals surface area contributed by atoms with Crippen LogP contribution in [0.2, 0.25) is 0 Å². The summed E-state index contributed by atoms with van der Waals surface area (Å²) in [5, 5.41) is 0. The molecule has 72 valence electrons. The highest BCUT2D eigenvalue weighted by molar-refractivity contribution is 9.10. The molecule has 0 radical (unpaired) electrons. The Bertz CT molecular complexity index is 202.